The number of benzene rings is 1. The van der Waals surface area contributed by atoms with Crippen LogP contribution in [-0.2, 0) is 11.2 Å². The molecule has 2 rings (SSSR count). The van der Waals surface area contributed by atoms with Crippen molar-refractivity contribution in [1.82, 2.24) is 0 Å². The van der Waals surface area contributed by atoms with E-state index in [1.165, 1.54) is 12.5 Å². The first-order valence-corrected chi connectivity index (χ1v) is 5.61. The molecule has 1 aliphatic carbocycles. The molecule has 0 bridgehead atoms. The molecular weight excluding hydrogens is 202 g/mol. The Labute approximate surface area is 95.5 Å². The molecule has 0 aromatic heterocycles. The summed E-state index contributed by atoms with van der Waals surface area (Å²) in [7, 11) is 0. The lowest BCUT2D eigenvalue weighted by molar-refractivity contribution is -0.114. The number of amides is 1. The van der Waals surface area contributed by atoms with Crippen molar-refractivity contribution in [1.29, 1.82) is 0 Å². The van der Waals surface area contributed by atoms with Crippen LogP contribution in [0.5, 0.6) is 0 Å². The van der Waals surface area contributed by atoms with Crippen LogP contribution in [0.1, 0.15) is 25.3 Å². The highest BCUT2D eigenvalue weighted by molar-refractivity contribution is 5.88. The molecule has 1 aromatic carbocycles. The second kappa shape index (κ2) is 4.26. The molecule has 86 valence electrons. The molecule has 16 heavy (non-hydrogen) atoms. The van der Waals surface area contributed by atoms with Gasteiger partial charge in [0.05, 0.1) is 0 Å². The largest absolute Gasteiger partial charge is 0.396 e. The molecule has 0 saturated heterocycles. The molecular formula is C13H17NO2. The molecule has 3 nitrogen and oxygen atoms in total. The topological polar surface area (TPSA) is 49.3 Å². The molecule has 1 saturated carbocycles. The normalized spacial score (nSPS) is 16.9. The SMILES string of the molecule is CC(=O)Nc1ccc(CC2(CO)CC2)cc1. The lowest BCUT2D eigenvalue weighted by atomic mass is 9.97. The van der Waals surface area contributed by atoms with E-state index >= 15 is 0 Å². The summed E-state index contributed by atoms with van der Waals surface area (Å²) < 4.78 is 0. The van der Waals surface area contributed by atoms with E-state index in [0.29, 0.717) is 0 Å². The average Bonchev–Trinajstić information content (AvgIpc) is 3.01. The Kier molecular flexibility index (Phi) is 2.97. The molecule has 1 aromatic rings. The standard InChI is InChI=1S/C13H17NO2/c1-10(16)14-12-4-2-11(3-5-12)8-13(9-15)6-7-13/h2-5,15H,6-9H2,1H3,(H,14,16). The van der Waals surface area contributed by atoms with E-state index in [9.17, 15) is 9.90 Å². The number of anilines is 1. The third-order valence-corrected chi connectivity index (χ3v) is 3.15. The summed E-state index contributed by atoms with van der Waals surface area (Å²) in [6.45, 7) is 1.78. The monoisotopic (exact) mass is 219 g/mol. The number of aliphatic hydroxyl groups is 1. The van der Waals surface area contributed by atoms with Gasteiger partial charge >= 0.3 is 0 Å². The molecule has 0 heterocycles. The second-order valence-corrected chi connectivity index (χ2v) is 4.71. The second-order valence-electron chi connectivity index (χ2n) is 4.71. The van der Waals surface area contributed by atoms with Crippen molar-refractivity contribution >= 4 is 11.6 Å². The molecule has 1 fully saturated rings. The molecule has 2 N–H and O–H groups in total. The minimum absolute atomic E-state index is 0.0539. The van der Waals surface area contributed by atoms with Gasteiger partial charge in [0, 0.05) is 19.2 Å². The Morgan fingerprint density at radius 2 is 2.00 bits per heavy atom. The third kappa shape index (κ3) is 2.61. The third-order valence-electron chi connectivity index (χ3n) is 3.15. The lowest BCUT2D eigenvalue weighted by Crippen LogP contribution is -2.10. The van der Waals surface area contributed by atoms with Gasteiger partial charge in [0.15, 0.2) is 0 Å². The zero-order valence-electron chi connectivity index (χ0n) is 9.49. The van der Waals surface area contributed by atoms with Crippen molar-refractivity contribution in [2.24, 2.45) is 5.41 Å². The zero-order chi connectivity index (χ0) is 11.6. The minimum Gasteiger partial charge on any atom is -0.396 e. The van der Waals surface area contributed by atoms with Crippen LogP contribution in [0.2, 0.25) is 0 Å². The predicted molar refractivity (Wildman–Crippen MR) is 63.2 cm³/mol. The van der Waals surface area contributed by atoms with Crippen LogP contribution in [0.15, 0.2) is 24.3 Å². The first kappa shape index (κ1) is 11.1. The maximum absolute atomic E-state index is 10.8. The maximum Gasteiger partial charge on any atom is 0.221 e. The van der Waals surface area contributed by atoms with Gasteiger partial charge in [0.1, 0.15) is 0 Å². The van der Waals surface area contributed by atoms with Gasteiger partial charge in [-0.3, -0.25) is 4.79 Å². The van der Waals surface area contributed by atoms with E-state index in [1.807, 2.05) is 24.3 Å². The molecule has 1 aliphatic rings. The van der Waals surface area contributed by atoms with Gasteiger partial charge in [-0.15, -0.1) is 0 Å². The number of hydrogen-bond acceptors (Lipinski definition) is 2. The summed E-state index contributed by atoms with van der Waals surface area (Å²) in [4.78, 5) is 10.8. The highest BCUT2D eigenvalue weighted by atomic mass is 16.3. The molecule has 0 spiro atoms. The van der Waals surface area contributed by atoms with Crippen molar-refractivity contribution in [3.05, 3.63) is 29.8 Å². The average molecular weight is 219 g/mol. The fourth-order valence-electron chi connectivity index (χ4n) is 1.91. The van der Waals surface area contributed by atoms with E-state index in [0.717, 1.165) is 24.9 Å². The summed E-state index contributed by atoms with van der Waals surface area (Å²) in [5.74, 6) is -0.0539. The summed E-state index contributed by atoms with van der Waals surface area (Å²) in [5, 5.41) is 12.0. The number of aliphatic hydroxyl groups excluding tert-OH is 1. The smallest absolute Gasteiger partial charge is 0.221 e. The highest BCUT2D eigenvalue weighted by Gasteiger charge is 2.41. The van der Waals surface area contributed by atoms with Crippen LogP contribution in [0.3, 0.4) is 0 Å². The van der Waals surface area contributed by atoms with Crippen LogP contribution in [-0.4, -0.2) is 17.6 Å². The van der Waals surface area contributed by atoms with E-state index in [2.05, 4.69) is 5.32 Å². The van der Waals surface area contributed by atoms with Crippen LogP contribution < -0.4 is 5.32 Å². The fourth-order valence-corrected chi connectivity index (χ4v) is 1.91. The minimum atomic E-state index is -0.0539. The van der Waals surface area contributed by atoms with Crippen LogP contribution in [0, 0.1) is 5.41 Å². The molecule has 0 aliphatic heterocycles. The Bertz CT molecular complexity index is 379. The Hall–Kier alpha value is -1.35. The number of carbonyl (C=O) groups excluding carboxylic acids is 1. The van der Waals surface area contributed by atoms with E-state index in [4.69, 9.17) is 0 Å². The van der Waals surface area contributed by atoms with Crippen molar-refractivity contribution in [2.75, 3.05) is 11.9 Å². The Balaban J connectivity index is 1.99. The van der Waals surface area contributed by atoms with Gasteiger partial charge in [0.25, 0.3) is 0 Å². The Morgan fingerprint density at radius 3 is 2.44 bits per heavy atom. The van der Waals surface area contributed by atoms with E-state index < -0.39 is 0 Å². The summed E-state index contributed by atoms with van der Waals surface area (Å²) >= 11 is 0. The molecule has 0 unspecified atom stereocenters. The van der Waals surface area contributed by atoms with Crippen molar-refractivity contribution in [3.63, 3.8) is 0 Å². The van der Waals surface area contributed by atoms with Crippen LogP contribution in [0.4, 0.5) is 5.69 Å². The maximum atomic E-state index is 10.8. The van der Waals surface area contributed by atoms with E-state index in [1.54, 1.807) is 0 Å². The first-order chi connectivity index (χ1) is 7.63. The van der Waals surface area contributed by atoms with Gasteiger partial charge in [-0.05, 0) is 42.4 Å². The predicted octanol–water partition coefficient (Wildman–Crippen LogP) is 1.96. The van der Waals surface area contributed by atoms with Gasteiger partial charge in [-0.1, -0.05) is 12.1 Å². The van der Waals surface area contributed by atoms with Gasteiger partial charge in [-0.2, -0.15) is 0 Å². The van der Waals surface area contributed by atoms with Crippen molar-refractivity contribution in [2.45, 2.75) is 26.2 Å². The molecule has 3 heteroatoms. The molecule has 0 atom stereocenters. The molecule has 1 amide bonds. The molecule has 0 radical (unpaired) electrons. The quantitative estimate of drug-likeness (QED) is 0.813. The fraction of sp³-hybridized carbons (Fsp3) is 0.462. The number of carbonyl (C=O) groups is 1. The van der Waals surface area contributed by atoms with Crippen LogP contribution in [0.25, 0.3) is 0 Å². The first-order valence-electron chi connectivity index (χ1n) is 5.61. The zero-order valence-corrected chi connectivity index (χ0v) is 9.49. The van der Waals surface area contributed by atoms with Crippen molar-refractivity contribution in [3.8, 4) is 0 Å². The summed E-state index contributed by atoms with van der Waals surface area (Å²) in [6, 6.07) is 7.84. The van der Waals surface area contributed by atoms with Gasteiger partial charge in [0.2, 0.25) is 5.91 Å². The van der Waals surface area contributed by atoms with Crippen molar-refractivity contribution < 1.29 is 9.90 Å². The highest BCUT2D eigenvalue weighted by Crippen LogP contribution is 2.47. The lowest BCUT2D eigenvalue weighted by Gasteiger charge is -2.11. The van der Waals surface area contributed by atoms with Gasteiger partial charge < -0.3 is 10.4 Å². The summed E-state index contributed by atoms with van der Waals surface area (Å²) in [6.07, 6.45) is 3.18. The summed E-state index contributed by atoms with van der Waals surface area (Å²) in [5.41, 5.74) is 2.20. The number of nitrogens with one attached hydrogen (secondary N) is 1. The number of rotatable bonds is 4. The van der Waals surface area contributed by atoms with E-state index in [-0.39, 0.29) is 17.9 Å². The number of hydrogen-bond donors (Lipinski definition) is 2. The van der Waals surface area contributed by atoms with Crippen LogP contribution >= 0.6 is 0 Å². The van der Waals surface area contributed by atoms with Gasteiger partial charge in [-0.25, -0.2) is 0 Å². The Morgan fingerprint density at radius 1 is 1.38 bits per heavy atom.